The predicted molar refractivity (Wildman–Crippen MR) is 69.9 cm³/mol. The van der Waals surface area contributed by atoms with E-state index in [9.17, 15) is 4.39 Å². The molecule has 2 aromatic rings. The molecule has 2 nitrogen and oxygen atoms in total. The summed E-state index contributed by atoms with van der Waals surface area (Å²) in [4.78, 5) is 0. The van der Waals surface area contributed by atoms with E-state index in [2.05, 4.69) is 5.32 Å². The van der Waals surface area contributed by atoms with Crippen LogP contribution in [0.25, 0.3) is 0 Å². The first-order chi connectivity index (χ1) is 8.81. The van der Waals surface area contributed by atoms with E-state index in [4.69, 9.17) is 4.74 Å². The van der Waals surface area contributed by atoms with Gasteiger partial charge in [0, 0.05) is 17.7 Å². The zero-order chi connectivity index (χ0) is 12.8. The number of halogens is 2. The minimum atomic E-state index is -0.233. The fourth-order valence-electron chi connectivity index (χ4n) is 1.75. The smallest absolute Gasteiger partial charge is 0.129 e. The summed E-state index contributed by atoms with van der Waals surface area (Å²) in [5.74, 6) is 0.554. The van der Waals surface area contributed by atoms with Crippen molar-refractivity contribution in [2.45, 2.75) is 13.2 Å². The first-order valence-corrected chi connectivity index (χ1v) is 5.90. The van der Waals surface area contributed by atoms with Crippen molar-refractivity contribution >= 4 is 0 Å². The molecule has 102 valence electrons. The first-order valence-electron chi connectivity index (χ1n) is 5.90. The Morgan fingerprint density at radius 3 is 2.32 bits per heavy atom. The highest BCUT2D eigenvalue weighted by atomic mass is 35.5. The van der Waals surface area contributed by atoms with Gasteiger partial charge in [-0.1, -0.05) is 36.4 Å². The highest BCUT2D eigenvalue weighted by Gasteiger charge is 2.04. The van der Waals surface area contributed by atoms with Crippen molar-refractivity contribution in [2.75, 3.05) is 7.05 Å². The molecule has 0 aliphatic heterocycles. The Bertz CT molecular complexity index is 519. The van der Waals surface area contributed by atoms with Crippen LogP contribution in [0.2, 0.25) is 0 Å². The summed E-state index contributed by atoms with van der Waals surface area (Å²) in [5.41, 5.74) is 1.63. The Kier molecular flexibility index (Phi) is 6.33. The quantitative estimate of drug-likeness (QED) is 0.841. The third-order valence-corrected chi connectivity index (χ3v) is 2.68. The molecule has 1 N–H and O–H groups in total. The molecule has 0 spiro atoms. The van der Waals surface area contributed by atoms with Crippen molar-refractivity contribution in [1.82, 2.24) is 5.32 Å². The molecule has 0 saturated carbocycles. The number of rotatable bonds is 5. The van der Waals surface area contributed by atoms with Gasteiger partial charge in [-0.2, -0.15) is 0 Å². The monoisotopic (exact) mass is 280 g/mol. The van der Waals surface area contributed by atoms with Crippen molar-refractivity contribution in [3.05, 3.63) is 65.5 Å². The predicted octanol–water partition coefficient (Wildman–Crippen LogP) is 0.128. The van der Waals surface area contributed by atoms with Crippen LogP contribution in [0.1, 0.15) is 11.1 Å². The topological polar surface area (TPSA) is 21.3 Å². The second-order valence-corrected chi connectivity index (χ2v) is 4.02. The summed E-state index contributed by atoms with van der Waals surface area (Å²) in [7, 11) is 1.88. The van der Waals surface area contributed by atoms with Crippen LogP contribution in [-0.2, 0) is 13.2 Å². The SMILES string of the molecule is CNCc1ccccc1OCc1ccccc1F.[Cl-]. The third-order valence-electron chi connectivity index (χ3n) is 2.68. The van der Waals surface area contributed by atoms with Gasteiger partial charge >= 0.3 is 0 Å². The standard InChI is InChI=1S/C15H16FNO.ClH/c1-17-10-12-6-3-5-9-15(12)18-11-13-7-2-4-8-14(13)16;/h2-9,17H,10-11H2,1H3;1H/p-1. The molecular weight excluding hydrogens is 265 g/mol. The van der Waals surface area contributed by atoms with Gasteiger partial charge in [-0.25, -0.2) is 4.39 Å². The average molecular weight is 281 g/mol. The molecule has 0 atom stereocenters. The maximum Gasteiger partial charge on any atom is 0.129 e. The Hall–Kier alpha value is -1.58. The van der Waals surface area contributed by atoms with E-state index in [0.717, 1.165) is 17.9 Å². The Balaban J connectivity index is 0.00000180. The molecule has 0 heterocycles. The van der Waals surface area contributed by atoms with Crippen molar-refractivity contribution in [2.24, 2.45) is 0 Å². The summed E-state index contributed by atoms with van der Waals surface area (Å²) < 4.78 is 19.1. The molecule has 2 aromatic carbocycles. The molecule has 0 bridgehead atoms. The maximum absolute atomic E-state index is 13.4. The van der Waals surface area contributed by atoms with Crippen molar-refractivity contribution < 1.29 is 21.5 Å². The minimum absolute atomic E-state index is 0. The summed E-state index contributed by atoms with van der Waals surface area (Å²) in [6.07, 6.45) is 0. The fraction of sp³-hybridized carbons (Fsp3) is 0.200. The van der Waals surface area contributed by atoms with Gasteiger partial charge in [0.2, 0.25) is 0 Å². The van der Waals surface area contributed by atoms with Gasteiger partial charge in [-0.05, 0) is 19.2 Å². The number of para-hydroxylation sites is 1. The van der Waals surface area contributed by atoms with Crippen LogP contribution in [-0.4, -0.2) is 7.05 Å². The number of ether oxygens (including phenoxy) is 1. The molecule has 0 aliphatic rings. The number of benzene rings is 2. The molecule has 19 heavy (non-hydrogen) atoms. The average Bonchev–Trinajstić information content (AvgIpc) is 2.40. The van der Waals surface area contributed by atoms with Gasteiger partial charge < -0.3 is 22.5 Å². The van der Waals surface area contributed by atoms with E-state index in [1.165, 1.54) is 6.07 Å². The van der Waals surface area contributed by atoms with Crippen LogP contribution >= 0.6 is 0 Å². The van der Waals surface area contributed by atoms with Crippen molar-refractivity contribution in [3.63, 3.8) is 0 Å². The largest absolute Gasteiger partial charge is 1.00 e. The molecule has 0 fully saturated rings. The van der Waals surface area contributed by atoms with E-state index in [-0.39, 0.29) is 24.8 Å². The lowest BCUT2D eigenvalue weighted by molar-refractivity contribution is -0.00000467. The highest BCUT2D eigenvalue weighted by Crippen LogP contribution is 2.19. The summed E-state index contributed by atoms with van der Waals surface area (Å²) in [6.45, 7) is 0.973. The van der Waals surface area contributed by atoms with E-state index in [0.29, 0.717) is 5.56 Å². The first kappa shape index (κ1) is 15.5. The van der Waals surface area contributed by atoms with Crippen LogP contribution in [0, 0.1) is 5.82 Å². The molecule has 0 radical (unpaired) electrons. The Labute approximate surface area is 119 Å². The lowest BCUT2D eigenvalue weighted by Crippen LogP contribution is -3.00. The van der Waals surface area contributed by atoms with Crippen LogP contribution < -0.4 is 22.5 Å². The van der Waals surface area contributed by atoms with Gasteiger partial charge in [0.1, 0.15) is 18.2 Å². The van der Waals surface area contributed by atoms with Crippen LogP contribution in [0.15, 0.2) is 48.5 Å². The lowest BCUT2D eigenvalue weighted by Gasteiger charge is -2.11. The van der Waals surface area contributed by atoms with E-state index < -0.39 is 0 Å². The Morgan fingerprint density at radius 2 is 1.63 bits per heavy atom. The normalized spacial score (nSPS) is 9.79. The lowest BCUT2D eigenvalue weighted by atomic mass is 10.2. The van der Waals surface area contributed by atoms with Gasteiger partial charge in [-0.3, -0.25) is 0 Å². The van der Waals surface area contributed by atoms with Gasteiger partial charge in [0.25, 0.3) is 0 Å². The van der Waals surface area contributed by atoms with Gasteiger partial charge in [0.15, 0.2) is 0 Å². The summed E-state index contributed by atoms with van der Waals surface area (Å²) in [6, 6.07) is 14.4. The molecule has 4 heteroatoms. The maximum atomic E-state index is 13.4. The number of nitrogens with one attached hydrogen (secondary N) is 1. The molecule has 0 unspecified atom stereocenters. The van der Waals surface area contributed by atoms with E-state index in [1.54, 1.807) is 18.2 Å². The van der Waals surface area contributed by atoms with Crippen LogP contribution in [0.3, 0.4) is 0 Å². The summed E-state index contributed by atoms with van der Waals surface area (Å²) >= 11 is 0. The zero-order valence-corrected chi connectivity index (χ0v) is 11.5. The Morgan fingerprint density at radius 1 is 1.00 bits per heavy atom. The summed E-state index contributed by atoms with van der Waals surface area (Å²) in [5, 5.41) is 3.08. The van der Waals surface area contributed by atoms with Crippen LogP contribution in [0.5, 0.6) is 5.75 Å². The molecule has 0 aliphatic carbocycles. The zero-order valence-electron chi connectivity index (χ0n) is 10.7. The van der Waals surface area contributed by atoms with Crippen molar-refractivity contribution in [1.29, 1.82) is 0 Å². The molecule has 0 saturated heterocycles. The third kappa shape index (κ3) is 4.23. The van der Waals surface area contributed by atoms with Crippen LogP contribution in [0.4, 0.5) is 4.39 Å². The second kappa shape index (κ2) is 7.77. The van der Waals surface area contributed by atoms with E-state index in [1.807, 2.05) is 31.3 Å². The van der Waals surface area contributed by atoms with Gasteiger partial charge in [0.05, 0.1) is 0 Å². The van der Waals surface area contributed by atoms with E-state index >= 15 is 0 Å². The number of hydrogen-bond acceptors (Lipinski definition) is 2. The molecule has 0 amide bonds. The number of hydrogen-bond donors (Lipinski definition) is 1. The highest BCUT2D eigenvalue weighted by molar-refractivity contribution is 5.33. The molecule has 2 rings (SSSR count). The minimum Gasteiger partial charge on any atom is -1.00 e. The molecular formula is C15H16ClFNO-. The van der Waals surface area contributed by atoms with Crippen molar-refractivity contribution in [3.8, 4) is 5.75 Å². The fourth-order valence-corrected chi connectivity index (χ4v) is 1.75. The van der Waals surface area contributed by atoms with Gasteiger partial charge in [-0.15, -0.1) is 0 Å². The molecule has 0 aromatic heterocycles. The second-order valence-electron chi connectivity index (χ2n) is 4.02.